The molecule has 0 saturated heterocycles. The summed E-state index contributed by atoms with van der Waals surface area (Å²) in [6.07, 6.45) is 5.06. The average Bonchev–Trinajstić information content (AvgIpc) is 2.87. The SMILES string of the molecule is O=C(Nc1ccc2cc[nH]c2c1)c1cccnc1. The van der Waals surface area contributed by atoms with Crippen LogP contribution in [0.4, 0.5) is 5.69 Å². The molecule has 0 aliphatic carbocycles. The van der Waals surface area contributed by atoms with Crippen molar-refractivity contribution < 1.29 is 4.79 Å². The molecule has 3 aromatic rings. The highest BCUT2D eigenvalue weighted by atomic mass is 16.1. The van der Waals surface area contributed by atoms with Crippen LogP contribution >= 0.6 is 0 Å². The summed E-state index contributed by atoms with van der Waals surface area (Å²) >= 11 is 0. The predicted molar refractivity (Wildman–Crippen MR) is 70.5 cm³/mol. The smallest absolute Gasteiger partial charge is 0.257 e. The highest BCUT2D eigenvalue weighted by Gasteiger charge is 2.06. The first-order chi connectivity index (χ1) is 8.83. The Morgan fingerprint density at radius 2 is 2.17 bits per heavy atom. The average molecular weight is 237 g/mol. The van der Waals surface area contributed by atoms with Crippen LogP contribution in [0.3, 0.4) is 0 Å². The molecule has 88 valence electrons. The van der Waals surface area contributed by atoms with Gasteiger partial charge in [0.25, 0.3) is 5.91 Å². The van der Waals surface area contributed by atoms with Crippen molar-refractivity contribution in [3.8, 4) is 0 Å². The molecular formula is C14H11N3O. The van der Waals surface area contributed by atoms with Gasteiger partial charge in [0.05, 0.1) is 5.56 Å². The van der Waals surface area contributed by atoms with E-state index >= 15 is 0 Å². The second-order valence-electron chi connectivity index (χ2n) is 3.98. The Balaban J connectivity index is 1.86. The maximum absolute atomic E-state index is 11.9. The lowest BCUT2D eigenvalue weighted by molar-refractivity contribution is 0.102. The van der Waals surface area contributed by atoms with Crippen LogP contribution in [-0.4, -0.2) is 15.9 Å². The minimum Gasteiger partial charge on any atom is -0.361 e. The van der Waals surface area contributed by atoms with Crippen molar-refractivity contribution in [1.29, 1.82) is 0 Å². The number of carbonyl (C=O) groups is 1. The first-order valence-corrected chi connectivity index (χ1v) is 5.61. The second-order valence-corrected chi connectivity index (χ2v) is 3.98. The zero-order valence-electron chi connectivity index (χ0n) is 9.55. The molecule has 3 rings (SSSR count). The number of carbonyl (C=O) groups excluding carboxylic acids is 1. The lowest BCUT2D eigenvalue weighted by Gasteiger charge is -2.04. The van der Waals surface area contributed by atoms with Crippen LogP contribution < -0.4 is 5.32 Å². The van der Waals surface area contributed by atoms with Gasteiger partial charge < -0.3 is 10.3 Å². The summed E-state index contributed by atoms with van der Waals surface area (Å²) in [6.45, 7) is 0. The van der Waals surface area contributed by atoms with Crippen LogP contribution in [0.5, 0.6) is 0 Å². The predicted octanol–water partition coefficient (Wildman–Crippen LogP) is 2.82. The number of pyridine rings is 1. The van der Waals surface area contributed by atoms with E-state index in [0.29, 0.717) is 5.56 Å². The number of hydrogen-bond donors (Lipinski definition) is 2. The van der Waals surface area contributed by atoms with Gasteiger partial charge in [-0.3, -0.25) is 9.78 Å². The first-order valence-electron chi connectivity index (χ1n) is 5.61. The van der Waals surface area contributed by atoms with Gasteiger partial charge in [0.1, 0.15) is 0 Å². The Kier molecular flexibility index (Phi) is 2.53. The van der Waals surface area contributed by atoms with E-state index in [2.05, 4.69) is 15.3 Å². The molecule has 0 spiro atoms. The zero-order valence-corrected chi connectivity index (χ0v) is 9.55. The van der Waals surface area contributed by atoms with E-state index in [9.17, 15) is 4.79 Å². The fraction of sp³-hybridized carbons (Fsp3) is 0. The van der Waals surface area contributed by atoms with Gasteiger partial charge in [-0.2, -0.15) is 0 Å². The molecule has 0 atom stereocenters. The van der Waals surface area contributed by atoms with E-state index in [1.807, 2.05) is 30.5 Å². The summed E-state index contributed by atoms with van der Waals surface area (Å²) in [5, 5.41) is 3.96. The molecule has 0 aliphatic rings. The summed E-state index contributed by atoms with van der Waals surface area (Å²) in [5.41, 5.74) is 2.31. The topological polar surface area (TPSA) is 57.8 Å². The van der Waals surface area contributed by atoms with Crippen molar-refractivity contribution in [3.05, 3.63) is 60.6 Å². The third-order valence-electron chi connectivity index (χ3n) is 2.74. The molecule has 2 N–H and O–H groups in total. The monoisotopic (exact) mass is 237 g/mol. The molecule has 0 saturated carbocycles. The van der Waals surface area contributed by atoms with E-state index in [4.69, 9.17) is 0 Å². The molecule has 2 heterocycles. The van der Waals surface area contributed by atoms with Crippen molar-refractivity contribution >= 4 is 22.5 Å². The van der Waals surface area contributed by atoms with Gasteiger partial charge in [0.2, 0.25) is 0 Å². The van der Waals surface area contributed by atoms with Gasteiger partial charge in [-0.15, -0.1) is 0 Å². The summed E-state index contributed by atoms with van der Waals surface area (Å²) in [6, 6.07) is 11.2. The number of aromatic nitrogens is 2. The fourth-order valence-electron chi connectivity index (χ4n) is 1.83. The Bertz CT molecular complexity index is 688. The Morgan fingerprint density at radius 1 is 1.22 bits per heavy atom. The molecule has 4 nitrogen and oxygen atoms in total. The quantitative estimate of drug-likeness (QED) is 0.720. The van der Waals surface area contributed by atoms with E-state index in [1.165, 1.54) is 0 Å². The number of H-pyrrole nitrogens is 1. The highest BCUT2D eigenvalue weighted by Crippen LogP contribution is 2.18. The molecule has 1 amide bonds. The summed E-state index contributed by atoms with van der Waals surface area (Å²) in [4.78, 5) is 19.0. The number of rotatable bonds is 2. The van der Waals surface area contributed by atoms with E-state index in [1.54, 1.807) is 24.5 Å². The van der Waals surface area contributed by atoms with Crippen molar-refractivity contribution in [2.24, 2.45) is 0 Å². The van der Waals surface area contributed by atoms with Crippen LogP contribution in [0, 0.1) is 0 Å². The van der Waals surface area contributed by atoms with E-state index < -0.39 is 0 Å². The molecule has 18 heavy (non-hydrogen) atoms. The molecule has 0 bridgehead atoms. The third-order valence-corrected chi connectivity index (χ3v) is 2.74. The van der Waals surface area contributed by atoms with Crippen LogP contribution in [-0.2, 0) is 0 Å². The van der Waals surface area contributed by atoms with Crippen molar-refractivity contribution in [1.82, 2.24) is 9.97 Å². The number of anilines is 1. The Hall–Kier alpha value is -2.62. The molecule has 0 fully saturated rings. The molecule has 0 unspecified atom stereocenters. The number of aromatic amines is 1. The molecule has 1 aromatic carbocycles. The molecular weight excluding hydrogens is 226 g/mol. The lowest BCUT2D eigenvalue weighted by Crippen LogP contribution is -2.11. The third kappa shape index (κ3) is 1.96. The van der Waals surface area contributed by atoms with Crippen LogP contribution in [0.1, 0.15) is 10.4 Å². The summed E-state index contributed by atoms with van der Waals surface area (Å²) in [5.74, 6) is -0.158. The largest absolute Gasteiger partial charge is 0.361 e. The minimum atomic E-state index is -0.158. The van der Waals surface area contributed by atoms with Crippen LogP contribution in [0.15, 0.2) is 55.0 Å². The molecule has 4 heteroatoms. The lowest BCUT2D eigenvalue weighted by atomic mass is 10.2. The number of fused-ring (bicyclic) bond motifs is 1. The summed E-state index contributed by atoms with van der Waals surface area (Å²) in [7, 11) is 0. The molecule has 2 aromatic heterocycles. The fourth-order valence-corrected chi connectivity index (χ4v) is 1.83. The number of nitrogens with zero attached hydrogens (tertiary/aromatic N) is 1. The van der Waals surface area contributed by atoms with Gasteiger partial charge >= 0.3 is 0 Å². The number of benzene rings is 1. The van der Waals surface area contributed by atoms with Gasteiger partial charge in [0, 0.05) is 29.8 Å². The van der Waals surface area contributed by atoms with Gasteiger partial charge in [-0.1, -0.05) is 6.07 Å². The molecule has 0 aliphatic heterocycles. The Labute approximate surface area is 104 Å². The van der Waals surface area contributed by atoms with Gasteiger partial charge in [-0.05, 0) is 35.7 Å². The van der Waals surface area contributed by atoms with Crippen LogP contribution in [0.25, 0.3) is 10.9 Å². The van der Waals surface area contributed by atoms with Gasteiger partial charge in [0.15, 0.2) is 0 Å². The zero-order chi connectivity index (χ0) is 12.4. The maximum atomic E-state index is 11.9. The van der Waals surface area contributed by atoms with Crippen molar-refractivity contribution in [3.63, 3.8) is 0 Å². The first kappa shape index (κ1) is 10.5. The van der Waals surface area contributed by atoms with Crippen molar-refractivity contribution in [2.75, 3.05) is 5.32 Å². The maximum Gasteiger partial charge on any atom is 0.257 e. The molecule has 0 radical (unpaired) electrons. The van der Waals surface area contributed by atoms with E-state index in [0.717, 1.165) is 16.6 Å². The normalized spacial score (nSPS) is 10.4. The summed E-state index contributed by atoms with van der Waals surface area (Å²) < 4.78 is 0. The van der Waals surface area contributed by atoms with Crippen molar-refractivity contribution in [2.45, 2.75) is 0 Å². The number of nitrogens with one attached hydrogen (secondary N) is 2. The number of hydrogen-bond acceptors (Lipinski definition) is 2. The van der Waals surface area contributed by atoms with Crippen LogP contribution in [0.2, 0.25) is 0 Å². The Morgan fingerprint density at radius 3 is 3.00 bits per heavy atom. The minimum absolute atomic E-state index is 0.158. The number of amides is 1. The second kappa shape index (κ2) is 4.33. The van der Waals surface area contributed by atoms with E-state index in [-0.39, 0.29) is 5.91 Å². The highest BCUT2D eigenvalue weighted by molar-refractivity contribution is 6.04. The standard InChI is InChI=1S/C14H11N3O/c18-14(11-2-1-6-15-9-11)17-12-4-3-10-5-7-16-13(10)8-12/h1-9,16H,(H,17,18). The van der Waals surface area contributed by atoms with Gasteiger partial charge in [-0.25, -0.2) is 0 Å².